The fraction of sp³-hybridized carbons (Fsp3) is 0.857. The van der Waals surface area contributed by atoms with Crippen LogP contribution >= 0.6 is 0 Å². The lowest BCUT2D eigenvalue weighted by Gasteiger charge is -2.31. The van der Waals surface area contributed by atoms with Crippen LogP contribution in [0.25, 0.3) is 0 Å². The number of hydrogen-bond acceptors (Lipinski definition) is 4. The number of likely N-dealkylation sites (tertiary alicyclic amines) is 1. The monoisotopic (exact) mass is 286 g/mol. The second kappa shape index (κ2) is 8.21. The summed E-state index contributed by atoms with van der Waals surface area (Å²) in [6, 6.07) is -0.598. The Morgan fingerprint density at radius 2 is 1.80 bits per heavy atom. The van der Waals surface area contributed by atoms with Crippen LogP contribution in [0.2, 0.25) is 0 Å². The minimum absolute atomic E-state index is 0.286. The molecule has 6 nitrogen and oxygen atoms in total. The molecule has 0 aromatic carbocycles. The van der Waals surface area contributed by atoms with Crippen LogP contribution in [0.3, 0.4) is 0 Å². The fourth-order valence-electron chi connectivity index (χ4n) is 2.67. The number of carbonyl (C=O) groups is 2. The maximum atomic E-state index is 11.3. The van der Waals surface area contributed by atoms with Gasteiger partial charge in [-0.25, -0.2) is 0 Å². The second-order valence-electron chi connectivity index (χ2n) is 5.55. The molecule has 1 rings (SSSR count). The predicted molar refractivity (Wildman–Crippen MR) is 75.8 cm³/mol. The third-order valence-corrected chi connectivity index (χ3v) is 3.94. The molecule has 0 saturated carbocycles. The summed E-state index contributed by atoms with van der Waals surface area (Å²) in [5.41, 5.74) is 0. The molecule has 116 valence electrons. The molecule has 0 aliphatic carbocycles. The van der Waals surface area contributed by atoms with Gasteiger partial charge in [-0.15, -0.1) is 0 Å². The maximum absolute atomic E-state index is 11.3. The molecule has 0 aromatic rings. The van der Waals surface area contributed by atoms with Gasteiger partial charge in [0, 0.05) is 19.6 Å². The highest BCUT2D eigenvalue weighted by molar-refractivity contribution is 5.74. The van der Waals surface area contributed by atoms with Gasteiger partial charge in [0.1, 0.15) is 6.04 Å². The average molecular weight is 286 g/mol. The Balaban J connectivity index is 2.61. The van der Waals surface area contributed by atoms with Gasteiger partial charge in [-0.2, -0.15) is 0 Å². The molecule has 0 amide bonds. The van der Waals surface area contributed by atoms with Crippen molar-refractivity contribution in [3.8, 4) is 0 Å². The molecule has 6 heteroatoms. The molecule has 2 unspecified atom stereocenters. The quantitative estimate of drug-likeness (QED) is 0.657. The molecule has 1 fully saturated rings. The van der Waals surface area contributed by atoms with Gasteiger partial charge < -0.3 is 15.1 Å². The van der Waals surface area contributed by atoms with Crippen molar-refractivity contribution in [2.45, 2.75) is 39.2 Å². The second-order valence-corrected chi connectivity index (χ2v) is 5.55. The molecule has 0 bridgehead atoms. The standard InChI is InChI=1S/C14H26N2O4/c1-3-12(14(19)20)16(10-11(2)13(17)18)9-8-15-6-4-5-7-15/h11-12H,3-10H2,1-2H3,(H,17,18)(H,19,20). The minimum Gasteiger partial charge on any atom is -0.481 e. The summed E-state index contributed by atoms with van der Waals surface area (Å²) in [4.78, 5) is 26.4. The van der Waals surface area contributed by atoms with Crippen LogP contribution in [0, 0.1) is 5.92 Å². The van der Waals surface area contributed by atoms with E-state index in [0.29, 0.717) is 13.0 Å². The van der Waals surface area contributed by atoms with E-state index < -0.39 is 23.9 Å². The minimum atomic E-state index is -0.878. The maximum Gasteiger partial charge on any atom is 0.320 e. The van der Waals surface area contributed by atoms with E-state index in [1.165, 1.54) is 12.8 Å². The normalized spacial score (nSPS) is 19.1. The van der Waals surface area contributed by atoms with Crippen molar-refractivity contribution in [2.24, 2.45) is 5.92 Å². The first kappa shape index (κ1) is 16.9. The lowest BCUT2D eigenvalue weighted by Crippen LogP contribution is -2.47. The van der Waals surface area contributed by atoms with Crippen molar-refractivity contribution in [3.63, 3.8) is 0 Å². The van der Waals surface area contributed by atoms with E-state index >= 15 is 0 Å². The zero-order valence-electron chi connectivity index (χ0n) is 12.4. The van der Waals surface area contributed by atoms with Gasteiger partial charge >= 0.3 is 11.9 Å². The number of rotatable bonds is 9. The van der Waals surface area contributed by atoms with E-state index in [1.807, 2.05) is 6.92 Å². The average Bonchev–Trinajstić information content (AvgIpc) is 2.88. The van der Waals surface area contributed by atoms with E-state index in [1.54, 1.807) is 11.8 Å². The molecule has 1 aliphatic rings. The fourth-order valence-corrected chi connectivity index (χ4v) is 2.67. The number of aliphatic carboxylic acids is 2. The molecule has 1 saturated heterocycles. The Morgan fingerprint density at radius 3 is 2.25 bits per heavy atom. The van der Waals surface area contributed by atoms with Crippen LogP contribution in [0.15, 0.2) is 0 Å². The smallest absolute Gasteiger partial charge is 0.320 e. The van der Waals surface area contributed by atoms with Crippen LogP contribution in [-0.2, 0) is 9.59 Å². The van der Waals surface area contributed by atoms with Crippen LogP contribution in [0.1, 0.15) is 33.1 Å². The van der Waals surface area contributed by atoms with Crippen LogP contribution in [0.4, 0.5) is 0 Å². The van der Waals surface area contributed by atoms with E-state index in [-0.39, 0.29) is 6.54 Å². The Morgan fingerprint density at radius 1 is 1.20 bits per heavy atom. The lowest BCUT2D eigenvalue weighted by molar-refractivity contribution is -0.147. The Hall–Kier alpha value is -1.14. The van der Waals surface area contributed by atoms with Crippen molar-refractivity contribution < 1.29 is 19.8 Å². The first-order valence-corrected chi connectivity index (χ1v) is 7.37. The largest absolute Gasteiger partial charge is 0.481 e. The van der Waals surface area contributed by atoms with Crippen molar-refractivity contribution in [3.05, 3.63) is 0 Å². The zero-order chi connectivity index (χ0) is 15.1. The summed E-state index contributed by atoms with van der Waals surface area (Å²) < 4.78 is 0. The van der Waals surface area contributed by atoms with Gasteiger partial charge in [0.25, 0.3) is 0 Å². The lowest BCUT2D eigenvalue weighted by atomic mass is 10.1. The SMILES string of the molecule is CCC(C(=O)O)N(CCN1CCCC1)CC(C)C(=O)O. The van der Waals surface area contributed by atoms with E-state index in [2.05, 4.69) is 4.90 Å². The van der Waals surface area contributed by atoms with E-state index in [0.717, 1.165) is 19.6 Å². The molecule has 0 aromatic heterocycles. The Kier molecular flexibility index (Phi) is 6.95. The van der Waals surface area contributed by atoms with Crippen LogP contribution < -0.4 is 0 Å². The number of hydrogen-bond donors (Lipinski definition) is 2. The topological polar surface area (TPSA) is 81.1 Å². The van der Waals surface area contributed by atoms with Crippen molar-refractivity contribution in [1.82, 2.24) is 9.80 Å². The van der Waals surface area contributed by atoms with Crippen molar-refractivity contribution >= 4 is 11.9 Å². The predicted octanol–water partition coefficient (Wildman–Crippen LogP) is 0.968. The van der Waals surface area contributed by atoms with Gasteiger partial charge in [-0.1, -0.05) is 13.8 Å². The molecule has 20 heavy (non-hydrogen) atoms. The molecule has 1 heterocycles. The van der Waals surface area contributed by atoms with Gasteiger partial charge in [0.15, 0.2) is 0 Å². The molecule has 2 N–H and O–H groups in total. The first-order chi connectivity index (χ1) is 9.45. The molecule has 2 atom stereocenters. The van der Waals surface area contributed by atoms with Gasteiger partial charge in [0.2, 0.25) is 0 Å². The zero-order valence-corrected chi connectivity index (χ0v) is 12.4. The summed E-state index contributed by atoms with van der Waals surface area (Å²) in [7, 11) is 0. The Labute approximate surface area is 120 Å². The van der Waals surface area contributed by atoms with Gasteiger partial charge in [0.05, 0.1) is 5.92 Å². The highest BCUT2D eigenvalue weighted by atomic mass is 16.4. The molecular weight excluding hydrogens is 260 g/mol. The van der Waals surface area contributed by atoms with Crippen LogP contribution in [-0.4, -0.2) is 70.7 Å². The summed E-state index contributed by atoms with van der Waals surface area (Å²) in [5, 5.41) is 18.3. The highest BCUT2D eigenvalue weighted by Gasteiger charge is 2.27. The summed E-state index contributed by atoms with van der Waals surface area (Å²) >= 11 is 0. The van der Waals surface area contributed by atoms with Crippen LogP contribution in [0.5, 0.6) is 0 Å². The third kappa shape index (κ3) is 5.09. The molecule has 1 aliphatic heterocycles. The first-order valence-electron chi connectivity index (χ1n) is 7.37. The van der Waals surface area contributed by atoms with E-state index in [9.17, 15) is 14.7 Å². The number of carboxylic acid groups (broad SMARTS) is 2. The number of nitrogens with zero attached hydrogens (tertiary/aromatic N) is 2. The summed E-state index contributed by atoms with van der Waals surface area (Å²) in [5.74, 6) is -2.30. The van der Waals surface area contributed by atoms with Crippen molar-refractivity contribution in [2.75, 3.05) is 32.7 Å². The number of carboxylic acids is 2. The molecule has 0 radical (unpaired) electrons. The van der Waals surface area contributed by atoms with E-state index in [4.69, 9.17) is 5.11 Å². The third-order valence-electron chi connectivity index (χ3n) is 3.94. The molecule has 0 spiro atoms. The van der Waals surface area contributed by atoms with Gasteiger partial charge in [-0.3, -0.25) is 14.5 Å². The summed E-state index contributed by atoms with van der Waals surface area (Å²) in [6.07, 6.45) is 2.88. The van der Waals surface area contributed by atoms with Gasteiger partial charge in [-0.05, 0) is 32.4 Å². The highest BCUT2D eigenvalue weighted by Crippen LogP contribution is 2.12. The molecular formula is C14H26N2O4. The Bertz CT molecular complexity index is 329. The summed E-state index contributed by atoms with van der Waals surface area (Å²) in [6.45, 7) is 7.29. The van der Waals surface area contributed by atoms with Crippen molar-refractivity contribution in [1.29, 1.82) is 0 Å².